The van der Waals surface area contributed by atoms with Crippen LogP contribution < -0.4 is 0 Å². The van der Waals surface area contributed by atoms with E-state index in [2.05, 4.69) is 0 Å². The first-order valence-corrected chi connectivity index (χ1v) is 7.70. The number of hydrogen-bond donors (Lipinski definition) is 0. The average Bonchev–Trinajstić information content (AvgIpc) is 2.67. The molecule has 1 aliphatic rings. The third kappa shape index (κ3) is 3.39. The molecule has 0 fully saturated rings. The Morgan fingerprint density at radius 3 is 1.05 bits per heavy atom. The largest absolute Gasteiger partial charge is 0.289 e. The van der Waals surface area contributed by atoms with Gasteiger partial charge in [0.15, 0.2) is 5.78 Å². The van der Waals surface area contributed by atoms with Crippen molar-refractivity contribution >= 4 is 5.78 Å². The summed E-state index contributed by atoms with van der Waals surface area (Å²) in [5.41, 5.74) is -5.19. The fourth-order valence-electron chi connectivity index (χ4n) is 3.18. The smallest absolute Gasteiger partial charge is 0.186 e. The Bertz CT molecular complexity index is 776. The van der Waals surface area contributed by atoms with Crippen LogP contribution in [0.2, 0.25) is 0 Å². The molecular weight excluding hydrogens is 268 g/mol. The van der Waals surface area contributed by atoms with E-state index in [0.29, 0.717) is 5.57 Å². The van der Waals surface area contributed by atoms with Crippen LogP contribution in [0.1, 0.15) is 95.2 Å². The van der Waals surface area contributed by atoms with Gasteiger partial charge in [-0.15, -0.1) is 0 Å². The fraction of sp³-hybridized carbons (Fsp3) is 0.762. The number of carbonyl (C=O) groups is 1. The molecule has 0 saturated heterocycles. The van der Waals surface area contributed by atoms with Gasteiger partial charge in [0.25, 0.3) is 0 Å². The van der Waals surface area contributed by atoms with Gasteiger partial charge in [0.1, 0.15) is 0 Å². The molecule has 0 aromatic rings. The van der Waals surface area contributed by atoms with Gasteiger partial charge in [-0.1, -0.05) is 82.9 Å². The standard InChI is InChI=1S/C21H36O/c1-18(2,3)13-14(19(4,5)6)16(21(10,11)12)17(22)15(13)20(7,8)9/h1-12H3/i7D3,8D3,9D3. The van der Waals surface area contributed by atoms with Crippen molar-refractivity contribution in [3.63, 3.8) is 0 Å². The molecule has 1 heteroatoms. The molecule has 0 amide bonds. The minimum absolute atomic E-state index is 0.221. The molecule has 0 spiro atoms. The van der Waals surface area contributed by atoms with Crippen LogP contribution in [-0.4, -0.2) is 5.78 Å². The molecule has 126 valence electrons. The van der Waals surface area contributed by atoms with Gasteiger partial charge in [-0.3, -0.25) is 4.79 Å². The summed E-state index contributed by atoms with van der Waals surface area (Å²) in [6, 6.07) is 0. The summed E-state index contributed by atoms with van der Waals surface area (Å²) in [4.78, 5) is 14.0. The Hall–Kier alpha value is -0.850. The highest BCUT2D eigenvalue weighted by Gasteiger charge is 2.47. The van der Waals surface area contributed by atoms with E-state index in [0.717, 1.165) is 0 Å². The van der Waals surface area contributed by atoms with Crippen molar-refractivity contribution in [2.75, 3.05) is 0 Å². The fourth-order valence-corrected chi connectivity index (χ4v) is 3.18. The normalized spacial score (nSPS) is 26.4. The molecule has 0 aliphatic heterocycles. The summed E-state index contributed by atoms with van der Waals surface area (Å²) in [6.45, 7) is 5.73. The monoisotopic (exact) mass is 313 g/mol. The van der Waals surface area contributed by atoms with Crippen LogP contribution in [0.5, 0.6) is 0 Å². The Morgan fingerprint density at radius 2 is 0.818 bits per heavy atom. The lowest BCUT2D eigenvalue weighted by molar-refractivity contribution is -0.113. The zero-order valence-corrected chi connectivity index (χ0v) is 15.4. The molecule has 1 nitrogen and oxygen atoms in total. The average molecular weight is 314 g/mol. The van der Waals surface area contributed by atoms with E-state index < -0.39 is 53.6 Å². The van der Waals surface area contributed by atoms with E-state index in [-0.39, 0.29) is 11.1 Å². The summed E-state index contributed by atoms with van der Waals surface area (Å²) in [5, 5.41) is 0. The van der Waals surface area contributed by atoms with Crippen LogP contribution in [0.3, 0.4) is 0 Å². The Kier molecular flexibility index (Phi) is 2.18. The minimum atomic E-state index is -3.48. The predicted molar refractivity (Wildman–Crippen MR) is 96.9 cm³/mol. The number of hydrogen-bond acceptors (Lipinski definition) is 1. The van der Waals surface area contributed by atoms with Crippen LogP contribution in [0.15, 0.2) is 22.3 Å². The highest BCUT2D eigenvalue weighted by Crippen LogP contribution is 2.55. The SMILES string of the molecule is [2H]C([2H])([2H])C(C1=C(C(C)(C)C)C(C(C)(C)C)=C(C(C)(C)C)C1=O)(C([2H])([2H])[2H])C([2H])([2H])[2H]. The lowest BCUT2D eigenvalue weighted by Crippen LogP contribution is -2.24. The first-order chi connectivity index (χ1) is 13.1. The van der Waals surface area contributed by atoms with Crippen molar-refractivity contribution in [2.24, 2.45) is 21.7 Å². The lowest BCUT2D eigenvalue weighted by Gasteiger charge is -2.35. The van der Waals surface area contributed by atoms with Crippen molar-refractivity contribution < 1.29 is 17.1 Å². The number of Topliss-reactive ketones (excluding diaryl/α,β-unsaturated/α-hetero) is 1. The zero-order chi connectivity index (χ0) is 25.4. The number of carbonyl (C=O) groups excluding carboxylic acids is 1. The molecule has 1 rings (SSSR count). The number of ketones is 1. The Morgan fingerprint density at radius 1 is 0.545 bits per heavy atom. The first-order valence-electron chi connectivity index (χ1n) is 12.2. The van der Waals surface area contributed by atoms with Crippen molar-refractivity contribution in [2.45, 2.75) is 82.9 Å². The maximum Gasteiger partial charge on any atom is 0.186 e. The molecule has 0 aromatic heterocycles. The van der Waals surface area contributed by atoms with Crippen LogP contribution in [-0.2, 0) is 4.79 Å². The van der Waals surface area contributed by atoms with Gasteiger partial charge in [-0.05, 0) is 32.8 Å². The Balaban J connectivity index is 4.55. The van der Waals surface area contributed by atoms with Gasteiger partial charge in [0.2, 0.25) is 0 Å². The van der Waals surface area contributed by atoms with Crippen LogP contribution >= 0.6 is 0 Å². The maximum absolute atomic E-state index is 14.0. The van der Waals surface area contributed by atoms with Gasteiger partial charge in [0.05, 0.1) is 0 Å². The summed E-state index contributed by atoms with van der Waals surface area (Å²) in [5.74, 6) is -0.786. The van der Waals surface area contributed by atoms with Gasteiger partial charge < -0.3 is 0 Å². The third-order valence-electron chi connectivity index (χ3n) is 3.83. The minimum Gasteiger partial charge on any atom is -0.289 e. The summed E-state index contributed by atoms with van der Waals surface area (Å²) in [6.07, 6.45) is 0. The summed E-state index contributed by atoms with van der Waals surface area (Å²) in [7, 11) is 0. The topological polar surface area (TPSA) is 17.1 Å². The van der Waals surface area contributed by atoms with E-state index in [4.69, 9.17) is 12.3 Å². The second-order valence-electron chi connectivity index (χ2n) is 9.33. The molecule has 22 heavy (non-hydrogen) atoms. The molecular formula is C21H36O. The van der Waals surface area contributed by atoms with Gasteiger partial charge in [-0.25, -0.2) is 0 Å². The van der Waals surface area contributed by atoms with E-state index in [9.17, 15) is 4.79 Å². The van der Waals surface area contributed by atoms with E-state index in [1.54, 1.807) is 41.5 Å². The summed E-state index contributed by atoms with van der Waals surface area (Å²) >= 11 is 0. The number of allylic oxidation sites excluding steroid dienone is 4. The molecule has 0 atom stereocenters. The maximum atomic E-state index is 14.0. The summed E-state index contributed by atoms with van der Waals surface area (Å²) < 4.78 is 73.3. The predicted octanol–water partition coefficient (Wildman–Crippen LogP) is 6.35. The molecule has 0 unspecified atom stereocenters. The molecule has 0 aromatic carbocycles. The van der Waals surface area contributed by atoms with Crippen molar-refractivity contribution in [3.8, 4) is 0 Å². The first kappa shape index (κ1) is 9.45. The second kappa shape index (κ2) is 5.08. The van der Waals surface area contributed by atoms with Gasteiger partial charge in [-0.2, -0.15) is 0 Å². The number of rotatable bonds is 0. The highest BCUT2D eigenvalue weighted by molar-refractivity contribution is 6.15. The zero-order valence-electron chi connectivity index (χ0n) is 24.4. The molecule has 0 heterocycles. The molecule has 0 saturated carbocycles. The van der Waals surface area contributed by atoms with E-state index in [1.165, 1.54) is 0 Å². The van der Waals surface area contributed by atoms with Crippen molar-refractivity contribution in [3.05, 3.63) is 22.3 Å². The molecule has 0 bridgehead atoms. The van der Waals surface area contributed by atoms with Gasteiger partial charge >= 0.3 is 0 Å². The highest BCUT2D eigenvalue weighted by atomic mass is 16.1. The van der Waals surface area contributed by atoms with Crippen LogP contribution in [0, 0.1) is 21.7 Å². The Labute approximate surface area is 150 Å². The third-order valence-corrected chi connectivity index (χ3v) is 3.83. The lowest BCUT2D eigenvalue weighted by atomic mass is 9.68. The van der Waals surface area contributed by atoms with Gasteiger partial charge in [0, 0.05) is 23.5 Å². The second-order valence-corrected chi connectivity index (χ2v) is 9.33. The van der Waals surface area contributed by atoms with E-state index >= 15 is 0 Å². The van der Waals surface area contributed by atoms with Crippen LogP contribution in [0.25, 0.3) is 0 Å². The quantitative estimate of drug-likeness (QED) is 0.509. The van der Waals surface area contributed by atoms with Crippen molar-refractivity contribution in [1.82, 2.24) is 0 Å². The van der Waals surface area contributed by atoms with E-state index in [1.807, 2.05) is 20.8 Å². The molecule has 0 radical (unpaired) electrons. The molecule has 0 N–H and O–H groups in total. The van der Waals surface area contributed by atoms with Crippen LogP contribution in [0.4, 0.5) is 0 Å². The van der Waals surface area contributed by atoms with Crippen molar-refractivity contribution in [1.29, 1.82) is 0 Å². The molecule has 1 aliphatic carbocycles.